The predicted molar refractivity (Wildman–Crippen MR) is 92.2 cm³/mol. The highest BCUT2D eigenvalue weighted by Crippen LogP contribution is 2.17. The fraction of sp³-hybridized carbons (Fsp3) is 0.263. The number of primary amides is 1. The normalized spacial score (nSPS) is 13.1. The van der Waals surface area contributed by atoms with Gasteiger partial charge in [0.15, 0.2) is 6.10 Å². The van der Waals surface area contributed by atoms with Crippen LogP contribution in [0.1, 0.15) is 22.8 Å². The fourth-order valence-corrected chi connectivity index (χ4v) is 2.55. The minimum atomic E-state index is -0.792. The molecule has 0 aliphatic heterocycles. The first-order valence-electron chi connectivity index (χ1n) is 7.75. The summed E-state index contributed by atoms with van der Waals surface area (Å²) < 4.78 is 5.29. The molecule has 0 spiro atoms. The zero-order valence-electron chi connectivity index (χ0n) is 13.9. The van der Waals surface area contributed by atoms with Gasteiger partial charge in [-0.15, -0.1) is 0 Å². The van der Waals surface area contributed by atoms with Crippen LogP contribution < -0.4 is 11.1 Å². The van der Waals surface area contributed by atoms with Crippen molar-refractivity contribution in [3.05, 3.63) is 71.3 Å². The third-order valence-corrected chi connectivity index (χ3v) is 3.92. The zero-order valence-corrected chi connectivity index (χ0v) is 13.9. The number of rotatable bonds is 7. The van der Waals surface area contributed by atoms with E-state index in [1.165, 1.54) is 7.11 Å². The smallest absolute Gasteiger partial charge is 0.254 e. The Morgan fingerprint density at radius 2 is 1.71 bits per heavy atom. The Labute approximate surface area is 141 Å². The minimum absolute atomic E-state index is 0.346. The van der Waals surface area contributed by atoms with Gasteiger partial charge in [-0.3, -0.25) is 9.59 Å². The van der Waals surface area contributed by atoms with E-state index in [2.05, 4.69) is 5.32 Å². The Morgan fingerprint density at radius 1 is 1.08 bits per heavy atom. The van der Waals surface area contributed by atoms with Crippen molar-refractivity contribution in [1.29, 1.82) is 0 Å². The van der Waals surface area contributed by atoms with Crippen molar-refractivity contribution in [1.82, 2.24) is 5.32 Å². The van der Waals surface area contributed by atoms with Crippen molar-refractivity contribution in [2.45, 2.75) is 25.5 Å². The first-order chi connectivity index (χ1) is 11.5. The van der Waals surface area contributed by atoms with Crippen LogP contribution in [0, 0.1) is 6.92 Å². The molecule has 126 valence electrons. The molecule has 24 heavy (non-hydrogen) atoms. The highest BCUT2D eigenvalue weighted by Gasteiger charge is 2.25. The molecule has 2 aromatic carbocycles. The molecule has 0 aliphatic rings. The van der Waals surface area contributed by atoms with Crippen LogP contribution in [0.15, 0.2) is 54.6 Å². The van der Waals surface area contributed by atoms with Crippen molar-refractivity contribution in [3.63, 3.8) is 0 Å². The summed E-state index contributed by atoms with van der Waals surface area (Å²) in [4.78, 5) is 24.3. The molecule has 0 saturated carbocycles. The number of aryl methyl sites for hydroxylation is 1. The Bertz CT molecular complexity index is 701. The molecule has 0 heterocycles. The van der Waals surface area contributed by atoms with Crippen LogP contribution in [-0.2, 0) is 20.7 Å². The Hall–Kier alpha value is -2.66. The lowest BCUT2D eigenvalue weighted by molar-refractivity contribution is -0.134. The summed E-state index contributed by atoms with van der Waals surface area (Å²) in [6.45, 7) is 1.96. The minimum Gasteiger partial charge on any atom is -0.368 e. The maximum atomic E-state index is 12.5. The molecular weight excluding hydrogens is 304 g/mol. The molecule has 2 amide bonds. The monoisotopic (exact) mass is 326 g/mol. The number of nitrogens with one attached hydrogen (secondary N) is 1. The number of hydrogen-bond donors (Lipinski definition) is 2. The molecule has 5 heteroatoms. The highest BCUT2D eigenvalue weighted by molar-refractivity contribution is 5.89. The van der Waals surface area contributed by atoms with Crippen molar-refractivity contribution in [2.75, 3.05) is 7.11 Å². The van der Waals surface area contributed by atoms with Crippen LogP contribution >= 0.6 is 0 Å². The summed E-state index contributed by atoms with van der Waals surface area (Å²) >= 11 is 0. The molecule has 2 aromatic rings. The van der Waals surface area contributed by atoms with Gasteiger partial charge >= 0.3 is 0 Å². The largest absolute Gasteiger partial charge is 0.368 e. The molecule has 0 aliphatic carbocycles. The van der Waals surface area contributed by atoms with E-state index in [1.54, 1.807) is 12.1 Å². The second-order valence-corrected chi connectivity index (χ2v) is 5.62. The number of ether oxygens (including phenoxy) is 1. The maximum Gasteiger partial charge on any atom is 0.254 e. The summed E-state index contributed by atoms with van der Waals surface area (Å²) in [6, 6.07) is 16.0. The molecule has 5 nitrogen and oxygen atoms in total. The van der Waals surface area contributed by atoms with Crippen LogP contribution in [0.2, 0.25) is 0 Å². The number of hydrogen-bond acceptors (Lipinski definition) is 3. The van der Waals surface area contributed by atoms with Gasteiger partial charge in [-0.1, -0.05) is 54.6 Å². The van der Waals surface area contributed by atoms with Gasteiger partial charge < -0.3 is 15.8 Å². The topological polar surface area (TPSA) is 81.4 Å². The average Bonchev–Trinajstić information content (AvgIpc) is 2.57. The Balaban J connectivity index is 2.13. The molecule has 0 bridgehead atoms. The quantitative estimate of drug-likeness (QED) is 0.815. The standard InChI is InChI=1S/C19H22N2O3/c1-13-8-6-7-11-15(13)12-16(18(20)22)21-19(23)17(24-2)14-9-4-3-5-10-14/h3-11,16-17H,12H2,1-2H3,(H2,20,22)(H,21,23)/t16-,17-/m0/s1. The third kappa shape index (κ3) is 4.43. The third-order valence-electron chi connectivity index (χ3n) is 3.92. The maximum absolute atomic E-state index is 12.5. The average molecular weight is 326 g/mol. The number of carbonyl (C=O) groups excluding carboxylic acids is 2. The summed E-state index contributed by atoms with van der Waals surface area (Å²) in [7, 11) is 1.46. The van der Waals surface area contributed by atoms with E-state index < -0.39 is 18.1 Å². The number of amides is 2. The van der Waals surface area contributed by atoms with Gasteiger partial charge in [0.2, 0.25) is 5.91 Å². The second-order valence-electron chi connectivity index (χ2n) is 5.62. The summed E-state index contributed by atoms with van der Waals surface area (Å²) in [5.41, 5.74) is 8.20. The van der Waals surface area contributed by atoms with E-state index in [0.29, 0.717) is 6.42 Å². The summed E-state index contributed by atoms with van der Waals surface area (Å²) in [6.07, 6.45) is -0.441. The van der Waals surface area contributed by atoms with Crippen molar-refractivity contribution in [3.8, 4) is 0 Å². The molecule has 0 radical (unpaired) electrons. The molecule has 0 unspecified atom stereocenters. The van der Waals surface area contributed by atoms with E-state index in [0.717, 1.165) is 16.7 Å². The van der Waals surface area contributed by atoms with Gasteiger partial charge in [0.25, 0.3) is 5.91 Å². The number of benzene rings is 2. The van der Waals surface area contributed by atoms with Gasteiger partial charge in [-0.05, 0) is 23.6 Å². The second kappa shape index (κ2) is 8.26. The molecule has 0 aromatic heterocycles. The van der Waals surface area contributed by atoms with Gasteiger partial charge in [-0.25, -0.2) is 0 Å². The van der Waals surface area contributed by atoms with Gasteiger partial charge in [0.05, 0.1) is 0 Å². The zero-order chi connectivity index (χ0) is 17.5. The van der Waals surface area contributed by atoms with Crippen molar-refractivity contribution < 1.29 is 14.3 Å². The predicted octanol–water partition coefficient (Wildman–Crippen LogP) is 1.90. The fourth-order valence-electron chi connectivity index (χ4n) is 2.55. The van der Waals surface area contributed by atoms with Crippen molar-refractivity contribution in [2.24, 2.45) is 5.73 Å². The molecule has 2 atom stereocenters. The first-order valence-corrected chi connectivity index (χ1v) is 7.75. The van der Waals surface area contributed by atoms with Crippen molar-refractivity contribution >= 4 is 11.8 Å². The van der Waals surface area contributed by atoms with E-state index in [1.807, 2.05) is 49.4 Å². The van der Waals surface area contributed by atoms with Gasteiger partial charge in [0, 0.05) is 13.5 Å². The Morgan fingerprint density at radius 3 is 2.29 bits per heavy atom. The van der Waals surface area contributed by atoms with Crippen LogP contribution in [-0.4, -0.2) is 25.0 Å². The summed E-state index contributed by atoms with van der Waals surface area (Å²) in [5, 5.41) is 2.70. The van der Waals surface area contributed by atoms with E-state index >= 15 is 0 Å². The van der Waals surface area contributed by atoms with Crippen LogP contribution in [0.3, 0.4) is 0 Å². The summed E-state index contributed by atoms with van der Waals surface area (Å²) in [5.74, 6) is -0.962. The van der Waals surface area contributed by atoms with E-state index in [-0.39, 0.29) is 5.91 Å². The Kier molecular flexibility index (Phi) is 6.09. The number of methoxy groups -OCH3 is 1. The number of nitrogens with two attached hydrogens (primary N) is 1. The van der Waals surface area contributed by atoms with Gasteiger partial charge in [0.1, 0.15) is 6.04 Å². The lowest BCUT2D eigenvalue weighted by Crippen LogP contribution is -2.47. The van der Waals surface area contributed by atoms with Gasteiger partial charge in [-0.2, -0.15) is 0 Å². The lowest BCUT2D eigenvalue weighted by atomic mass is 10.00. The molecular formula is C19H22N2O3. The highest BCUT2D eigenvalue weighted by atomic mass is 16.5. The first kappa shape index (κ1) is 17.7. The van der Waals surface area contributed by atoms with Crippen LogP contribution in [0.25, 0.3) is 0 Å². The lowest BCUT2D eigenvalue weighted by Gasteiger charge is -2.21. The van der Waals surface area contributed by atoms with E-state index in [4.69, 9.17) is 10.5 Å². The van der Waals surface area contributed by atoms with Crippen LogP contribution in [0.5, 0.6) is 0 Å². The molecule has 0 saturated heterocycles. The number of carbonyl (C=O) groups is 2. The molecule has 0 fully saturated rings. The van der Waals surface area contributed by atoms with Crippen LogP contribution in [0.4, 0.5) is 0 Å². The molecule has 2 rings (SSSR count). The van der Waals surface area contributed by atoms with E-state index in [9.17, 15) is 9.59 Å². The molecule has 3 N–H and O–H groups in total. The SMILES string of the molecule is CO[C@H](C(=O)N[C@@H](Cc1ccccc1C)C(N)=O)c1ccccc1.